The van der Waals surface area contributed by atoms with Crippen molar-refractivity contribution in [2.24, 2.45) is 0 Å². The number of nitro groups is 1. The number of imide groups is 1. The third-order valence-corrected chi connectivity index (χ3v) is 5.08. The summed E-state index contributed by atoms with van der Waals surface area (Å²) in [5, 5.41) is 14.0. The van der Waals surface area contributed by atoms with Crippen LogP contribution in [0.3, 0.4) is 0 Å². The van der Waals surface area contributed by atoms with E-state index >= 15 is 0 Å². The zero-order valence-corrected chi connectivity index (χ0v) is 17.0. The molecule has 160 valence electrons. The molecule has 1 heterocycles. The number of non-ortho nitro benzene ring substituents is 1. The molecule has 0 saturated heterocycles. The van der Waals surface area contributed by atoms with E-state index in [-0.39, 0.29) is 23.5 Å². The van der Waals surface area contributed by atoms with Crippen LogP contribution in [0, 0.1) is 22.9 Å². The summed E-state index contributed by atoms with van der Waals surface area (Å²) in [5.41, 5.74) is 2.64. The second-order valence-electron chi connectivity index (χ2n) is 7.37. The number of nitrogens with one attached hydrogen (secondary N) is 1. The van der Waals surface area contributed by atoms with Gasteiger partial charge in [-0.25, -0.2) is 4.39 Å². The van der Waals surface area contributed by atoms with Crippen molar-refractivity contribution in [3.05, 3.63) is 111 Å². The van der Waals surface area contributed by atoms with E-state index < -0.39 is 22.6 Å². The number of aryl methyl sites for hydroxylation is 1. The molecule has 4 rings (SSSR count). The number of halogens is 1. The molecule has 2 amide bonds. The van der Waals surface area contributed by atoms with E-state index in [1.807, 2.05) is 25.1 Å². The lowest BCUT2D eigenvalue weighted by molar-refractivity contribution is -0.384. The monoisotopic (exact) mass is 431 g/mol. The Morgan fingerprint density at radius 3 is 2.28 bits per heavy atom. The highest BCUT2D eigenvalue weighted by Gasteiger charge is 2.39. The van der Waals surface area contributed by atoms with E-state index in [0.29, 0.717) is 16.8 Å². The minimum atomic E-state index is -0.539. The Morgan fingerprint density at radius 2 is 1.66 bits per heavy atom. The Morgan fingerprint density at radius 1 is 0.969 bits per heavy atom. The molecule has 1 N–H and O–H groups in total. The molecule has 0 bridgehead atoms. The molecule has 0 saturated carbocycles. The van der Waals surface area contributed by atoms with Crippen molar-refractivity contribution in [2.45, 2.75) is 13.5 Å². The summed E-state index contributed by atoms with van der Waals surface area (Å²) < 4.78 is 13.2. The number of carbonyl (C=O) groups excluding carboxylic acids is 2. The summed E-state index contributed by atoms with van der Waals surface area (Å²) in [6.07, 6.45) is 0. The second kappa shape index (κ2) is 8.43. The highest BCUT2D eigenvalue weighted by atomic mass is 19.1. The van der Waals surface area contributed by atoms with E-state index in [1.165, 1.54) is 48.5 Å². The van der Waals surface area contributed by atoms with Crippen LogP contribution in [0.1, 0.15) is 16.7 Å². The summed E-state index contributed by atoms with van der Waals surface area (Å²) in [6.45, 7) is 1.87. The van der Waals surface area contributed by atoms with E-state index in [1.54, 1.807) is 6.07 Å². The standard InChI is InChI=1S/C24H18FN3O4/c1-15-3-2-4-19(13-15)26-22-21(17-7-11-20(12-8-17)28(31)32)23(29)27(24(22)30)14-16-5-9-18(25)10-6-16/h2-13,26H,14H2,1H3. The number of nitro benzene ring substituents is 1. The summed E-state index contributed by atoms with van der Waals surface area (Å²) in [7, 11) is 0. The normalized spacial score (nSPS) is 13.6. The zero-order valence-electron chi connectivity index (χ0n) is 17.0. The van der Waals surface area contributed by atoms with Crippen LogP contribution < -0.4 is 5.32 Å². The fourth-order valence-electron chi connectivity index (χ4n) is 3.49. The molecule has 8 heteroatoms. The average Bonchev–Trinajstić information content (AvgIpc) is 2.99. The zero-order chi connectivity index (χ0) is 22.8. The quantitative estimate of drug-likeness (QED) is 0.354. The van der Waals surface area contributed by atoms with Gasteiger partial charge in [-0.15, -0.1) is 0 Å². The first-order valence-electron chi connectivity index (χ1n) is 9.77. The number of rotatable bonds is 6. The third kappa shape index (κ3) is 4.11. The van der Waals surface area contributed by atoms with Gasteiger partial charge in [0.2, 0.25) is 0 Å². The maximum Gasteiger partial charge on any atom is 0.278 e. The van der Waals surface area contributed by atoms with Crippen LogP contribution in [-0.2, 0) is 16.1 Å². The number of anilines is 1. The Labute approximate surface area is 182 Å². The highest BCUT2D eigenvalue weighted by molar-refractivity contribution is 6.36. The third-order valence-electron chi connectivity index (χ3n) is 5.08. The molecule has 0 spiro atoms. The lowest BCUT2D eigenvalue weighted by Crippen LogP contribution is -2.32. The molecule has 0 aromatic heterocycles. The summed E-state index contributed by atoms with van der Waals surface area (Å²) in [6, 6.07) is 18.3. The number of amides is 2. The van der Waals surface area contributed by atoms with Crippen molar-refractivity contribution in [1.29, 1.82) is 0 Å². The molecule has 0 radical (unpaired) electrons. The predicted molar refractivity (Wildman–Crippen MR) is 117 cm³/mol. The van der Waals surface area contributed by atoms with Gasteiger partial charge in [0, 0.05) is 17.8 Å². The maximum absolute atomic E-state index is 13.3. The van der Waals surface area contributed by atoms with Crippen LogP contribution in [0.15, 0.2) is 78.5 Å². The summed E-state index contributed by atoms with van der Waals surface area (Å²) >= 11 is 0. The van der Waals surface area contributed by atoms with E-state index in [0.717, 1.165) is 10.5 Å². The van der Waals surface area contributed by atoms with Crippen molar-refractivity contribution >= 4 is 28.8 Å². The molecular weight excluding hydrogens is 413 g/mol. The van der Waals surface area contributed by atoms with E-state index in [9.17, 15) is 24.1 Å². The number of carbonyl (C=O) groups is 2. The van der Waals surface area contributed by atoms with Gasteiger partial charge in [0.05, 0.1) is 17.0 Å². The van der Waals surface area contributed by atoms with Crippen LogP contribution in [-0.4, -0.2) is 21.6 Å². The molecule has 3 aromatic carbocycles. The predicted octanol–water partition coefficient (Wildman–Crippen LogP) is 4.43. The fourth-order valence-corrected chi connectivity index (χ4v) is 3.49. The molecular formula is C24H18FN3O4. The van der Waals surface area contributed by atoms with Gasteiger partial charge in [0.15, 0.2) is 0 Å². The van der Waals surface area contributed by atoms with Crippen LogP contribution >= 0.6 is 0 Å². The van der Waals surface area contributed by atoms with Gasteiger partial charge in [-0.1, -0.05) is 24.3 Å². The number of benzene rings is 3. The van der Waals surface area contributed by atoms with Gasteiger partial charge < -0.3 is 5.32 Å². The van der Waals surface area contributed by atoms with Gasteiger partial charge in [0.25, 0.3) is 17.5 Å². The SMILES string of the molecule is Cc1cccc(NC2=C(c3ccc([N+](=O)[O-])cc3)C(=O)N(Cc3ccc(F)cc3)C2=O)c1. The molecule has 0 atom stereocenters. The first kappa shape index (κ1) is 20.9. The first-order chi connectivity index (χ1) is 15.3. The Kier molecular flexibility index (Phi) is 5.51. The topological polar surface area (TPSA) is 92.6 Å². The molecule has 0 unspecified atom stereocenters. The number of nitrogens with zero attached hydrogens (tertiary/aromatic N) is 2. The van der Waals surface area contributed by atoms with Crippen molar-refractivity contribution in [3.8, 4) is 0 Å². The highest BCUT2D eigenvalue weighted by Crippen LogP contribution is 2.32. The lowest BCUT2D eigenvalue weighted by atomic mass is 10.0. The minimum Gasteiger partial charge on any atom is -0.350 e. The fraction of sp³-hybridized carbons (Fsp3) is 0.0833. The Bertz CT molecular complexity index is 1250. The van der Waals surface area contributed by atoms with Crippen molar-refractivity contribution < 1.29 is 18.9 Å². The molecule has 32 heavy (non-hydrogen) atoms. The lowest BCUT2D eigenvalue weighted by Gasteiger charge is -2.15. The van der Waals surface area contributed by atoms with Gasteiger partial charge in [-0.3, -0.25) is 24.6 Å². The van der Waals surface area contributed by atoms with Gasteiger partial charge in [0.1, 0.15) is 11.5 Å². The van der Waals surface area contributed by atoms with Crippen LogP contribution in [0.2, 0.25) is 0 Å². The van der Waals surface area contributed by atoms with Crippen molar-refractivity contribution in [1.82, 2.24) is 4.90 Å². The van der Waals surface area contributed by atoms with Gasteiger partial charge in [-0.05, 0) is 60.0 Å². The average molecular weight is 431 g/mol. The molecule has 1 aliphatic rings. The largest absolute Gasteiger partial charge is 0.350 e. The smallest absolute Gasteiger partial charge is 0.278 e. The van der Waals surface area contributed by atoms with Crippen LogP contribution in [0.4, 0.5) is 15.8 Å². The summed E-state index contributed by atoms with van der Waals surface area (Å²) in [5.74, 6) is -1.49. The Hall–Kier alpha value is -4.33. The Balaban J connectivity index is 1.74. The molecule has 7 nitrogen and oxygen atoms in total. The molecule has 0 aliphatic carbocycles. The van der Waals surface area contributed by atoms with Gasteiger partial charge in [-0.2, -0.15) is 0 Å². The molecule has 0 fully saturated rings. The number of hydrogen-bond acceptors (Lipinski definition) is 5. The van der Waals surface area contributed by atoms with Crippen LogP contribution in [0.5, 0.6) is 0 Å². The van der Waals surface area contributed by atoms with Gasteiger partial charge >= 0.3 is 0 Å². The van der Waals surface area contributed by atoms with Crippen molar-refractivity contribution in [2.75, 3.05) is 5.32 Å². The second-order valence-corrected chi connectivity index (χ2v) is 7.37. The van der Waals surface area contributed by atoms with E-state index in [2.05, 4.69) is 5.32 Å². The molecule has 3 aromatic rings. The summed E-state index contributed by atoms with van der Waals surface area (Å²) in [4.78, 5) is 38.0. The minimum absolute atomic E-state index is 0.0343. The maximum atomic E-state index is 13.3. The number of hydrogen-bond donors (Lipinski definition) is 1. The van der Waals surface area contributed by atoms with Crippen molar-refractivity contribution in [3.63, 3.8) is 0 Å². The van der Waals surface area contributed by atoms with E-state index in [4.69, 9.17) is 0 Å². The first-order valence-corrected chi connectivity index (χ1v) is 9.77. The van der Waals surface area contributed by atoms with Crippen LogP contribution in [0.25, 0.3) is 5.57 Å². The molecule has 1 aliphatic heterocycles.